The number of hydrogen-bond acceptors (Lipinski definition) is 5. The van der Waals surface area contributed by atoms with Crippen molar-refractivity contribution in [1.29, 1.82) is 0 Å². The van der Waals surface area contributed by atoms with Gasteiger partial charge >= 0.3 is 6.18 Å². The molecule has 2 rings (SSSR count). The summed E-state index contributed by atoms with van der Waals surface area (Å²) in [5, 5.41) is 13.8. The number of amides is 1. The van der Waals surface area contributed by atoms with Crippen LogP contribution in [0, 0.1) is 10.1 Å². The number of anilines is 1. The van der Waals surface area contributed by atoms with Gasteiger partial charge in [0.1, 0.15) is 5.69 Å². The first-order valence-electron chi connectivity index (χ1n) is 7.01. The van der Waals surface area contributed by atoms with Crippen molar-refractivity contribution in [2.45, 2.75) is 24.8 Å². The lowest BCUT2D eigenvalue weighted by atomic mass is 10.1. The molecule has 25 heavy (non-hydrogen) atoms. The molecule has 11 heteroatoms. The van der Waals surface area contributed by atoms with E-state index in [1.165, 1.54) is 0 Å². The van der Waals surface area contributed by atoms with Crippen LogP contribution in [0.2, 0.25) is 0 Å². The number of nitro benzene ring substituents is 1. The molecule has 1 N–H and O–H groups in total. The molecule has 1 heterocycles. The Morgan fingerprint density at radius 1 is 1.44 bits per heavy atom. The molecule has 0 unspecified atom stereocenters. The van der Waals surface area contributed by atoms with Crippen LogP contribution < -0.4 is 5.32 Å². The van der Waals surface area contributed by atoms with Gasteiger partial charge in [0.05, 0.1) is 16.2 Å². The molecule has 1 amide bonds. The summed E-state index contributed by atoms with van der Waals surface area (Å²) < 4.78 is 39.8. The zero-order valence-electron chi connectivity index (χ0n) is 12.9. The fraction of sp³-hybridized carbons (Fsp3) is 0.286. The molecular formula is C14H13F3N4O3S. The first kappa shape index (κ1) is 18.8. The van der Waals surface area contributed by atoms with Gasteiger partial charge in [0, 0.05) is 25.0 Å². The maximum Gasteiger partial charge on any atom is 0.416 e. The molecule has 0 saturated carbocycles. The van der Waals surface area contributed by atoms with Crippen LogP contribution in [0.15, 0.2) is 35.7 Å². The number of aromatic nitrogens is 2. The van der Waals surface area contributed by atoms with Gasteiger partial charge in [-0.15, -0.1) is 0 Å². The van der Waals surface area contributed by atoms with Crippen molar-refractivity contribution < 1.29 is 22.9 Å². The van der Waals surface area contributed by atoms with Crippen LogP contribution in [0.4, 0.5) is 24.5 Å². The molecule has 0 saturated heterocycles. The fourth-order valence-corrected chi connectivity index (χ4v) is 2.78. The Hall–Kier alpha value is -2.56. The summed E-state index contributed by atoms with van der Waals surface area (Å²) in [4.78, 5) is 26.0. The standard InChI is InChI=1S/C14H13F3N4O3S/c1-2-20-6-5-18-13(20)25-8-12(22)19-10-4-3-9(14(15,16)17)7-11(10)21(23)24/h3-7H,2,8H2,1H3,(H,19,22). The van der Waals surface area contributed by atoms with Crippen molar-refractivity contribution in [3.8, 4) is 0 Å². The van der Waals surface area contributed by atoms with Crippen LogP contribution in [0.25, 0.3) is 0 Å². The summed E-state index contributed by atoms with van der Waals surface area (Å²) in [5.41, 5.74) is -2.26. The number of thioether (sulfide) groups is 1. The van der Waals surface area contributed by atoms with E-state index in [-0.39, 0.29) is 11.4 Å². The van der Waals surface area contributed by atoms with Crippen molar-refractivity contribution in [3.63, 3.8) is 0 Å². The molecular weight excluding hydrogens is 361 g/mol. The monoisotopic (exact) mass is 374 g/mol. The van der Waals surface area contributed by atoms with Gasteiger partial charge in [0.15, 0.2) is 5.16 Å². The lowest BCUT2D eigenvalue weighted by Crippen LogP contribution is -2.16. The highest BCUT2D eigenvalue weighted by Crippen LogP contribution is 2.35. The minimum atomic E-state index is -4.71. The zero-order valence-corrected chi connectivity index (χ0v) is 13.7. The first-order chi connectivity index (χ1) is 11.7. The van der Waals surface area contributed by atoms with Gasteiger partial charge in [-0.3, -0.25) is 14.9 Å². The van der Waals surface area contributed by atoms with Crippen LogP contribution in [0.5, 0.6) is 0 Å². The Labute approximate surface area is 144 Å². The van der Waals surface area contributed by atoms with E-state index in [1.807, 2.05) is 6.92 Å². The molecule has 0 radical (unpaired) electrons. The molecule has 1 aromatic carbocycles. The average Bonchev–Trinajstić information content (AvgIpc) is 2.99. The number of rotatable bonds is 6. The van der Waals surface area contributed by atoms with Gasteiger partial charge in [0.25, 0.3) is 5.69 Å². The number of alkyl halides is 3. The maximum absolute atomic E-state index is 12.7. The topological polar surface area (TPSA) is 90.1 Å². The van der Waals surface area contributed by atoms with Crippen LogP contribution >= 0.6 is 11.8 Å². The molecule has 134 valence electrons. The summed E-state index contributed by atoms with van der Waals surface area (Å²) in [7, 11) is 0. The number of halogens is 3. The highest BCUT2D eigenvalue weighted by molar-refractivity contribution is 7.99. The summed E-state index contributed by atoms with van der Waals surface area (Å²) in [5.74, 6) is -0.673. The Kier molecular flexibility index (Phi) is 5.67. The van der Waals surface area contributed by atoms with Crippen molar-refractivity contribution in [2.75, 3.05) is 11.1 Å². The van der Waals surface area contributed by atoms with Gasteiger partial charge in [-0.2, -0.15) is 13.2 Å². The fourth-order valence-electron chi connectivity index (χ4n) is 1.96. The van der Waals surface area contributed by atoms with E-state index in [2.05, 4.69) is 10.3 Å². The van der Waals surface area contributed by atoms with E-state index >= 15 is 0 Å². The van der Waals surface area contributed by atoms with Gasteiger partial charge in [-0.1, -0.05) is 11.8 Å². The quantitative estimate of drug-likeness (QED) is 0.474. The Morgan fingerprint density at radius 2 is 2.16 bits per heavy atom. The normalized spacial score (nSPS) is 11.4. The third-order valence-corrected chi connectivity index (χ3v) is 4.15. The number of hydrogen-bond donors (Lipinski definition) is 1. The van der Waals surface area contributed by atoms with E-state index in [1.54, 1.807) is 17.0 Å². The van der Waals surface area contributed by atoms with E-state index in [0.29, 0.717) is 23.8 Å². The number of carbonyl (C=O) groups is 1. The number of carbonyl (C=O) groups excluding carboxylic acids is 1. The number of nitrogens with zero attached hydrogens (tertiary/aromatic N) is 3. The largest absolute Gasteiger partial charge is 0.416 e. The lowest BCUT2D eigenvalue weighted by molar-refractivity contribution is -0.384. The average molecular weight is 374 g/mol. The molecule has 7 nitrogen and oxygen atoms in total. The molecule has 0 aliphatic rings. The van der Waals surface area contributed by atoms with Crippen molar-refractivity contribution >= 4 is 29.0 Å². The van der Waals surface area contributed by atoms with Gasteiger partial charge in [0.2, 0.25) is 5.91 Å². The summed E-state index contributed by atoms with van der Waals surface area (Å²) >= 11 is 1.12. The zero-order chi connectivity index (χ0) is 18.6. The minimum Gasteiger partial charge on any atom is -0.326 e. The lowest BCUT2D eigenvalue weighted by Gasteiger charge is -2.10. The highest BCUT2D eigenvalue weighted by atomic mass is 32.2. The minimum absolute atomic E-state index is 0.0881. The second kappa shape index (κ2) is 7.55. The van der Waals surface area contributed by atoms with E-state index < -0.39 is 28.3 Å². The SMILES string of the molecule is CCn1ccnc1SCC(=O)Nc1ccc(C(F)(F)F)cc1[N+](=O)[O-]. The second-order valence-corrected chi connectivity index (χ2v) is 5.76. The van der Waals surface area contributed by atoms with Crippen LogP contribution in [0.1, 0.15) is 12.5 Å². The number of nitro groups is 1. The van der Waals surface area contributed by atoms with Crippen molar-refractivity contribution in [3.05, 3.63) is 46.3 Å². The molecule has 0 spiro atoms. The van der Waals surface area contributed by atoms with Gasteiger partial charge < -0.3 is 9.88 Å². The van der Waals surface area contributed by atoms with E-state index in [4.69, 9.17) is 0 Å². The summed E-state index contributed by atoms with van der Waals surface area (Å²) in [6.07, 6.45) is -1.40. The molecule has 2 aromatic rings. The second-order valence-electron chi connectivity index (χ2n) is 4.82. The number of benzene rings is 1. The third-order valence-electron chi connectivity index (χ3n) is 3.15. The van der Waals surface area contributed by atoms with Gasteiger partial charge in [-0.25, -0.2) is 4.98 Å². The molecule has 0 bridgehead atoms. The summed E-state index contributed by atoms with van der Waals surface area (Å²) in [6, 6.07) is 1.95. The highest BCUT2D eigenvalue weighted by Gasteiger charge is 2.33. The predicted molar refractivity (Wildman–Crippen MR) is 85.4 cm³/mol. The Morgan fingerprint density at radius 3 is 2.76 bits per heavy atom. The smallest absolute Gasteiger partial charge is 0.326 e. The molecule has 0 aliphatic carbocycles. The van der Waals surface area contributed by atoms with Crippen LogP contribution in [-0.4, -0.2) is 26.1 Å². The van der Waals surface area contributed by atoms with E-state index in [9.17, 15) is 28.1 Å². The third kappa shape index (κ3) is 4.72. The maximum atomic E-state index is 12.7. The van der Waals surface area contributed by atoms with Crippen LogP contribution in [0.3, 0.4) is 0 Å². The molecule has 1 aromatic heterocycles. The van der Waals surface area contributed by atoms with Crippen molar-refractivity contribution in [1.82, 2.24) is 9.55 Å². The predicted octanol–water partition coefficient (Wildman–Crippen LogP) is 3.56. The molecule has 0 aliphatic heterocycles. The van der Waals surface area contributed by atoms with Gasteiger partial charge in [-0.05, 0) is 19.1 Å². The number of imidazole rings is 1. The molecule has 0 atom stereocenters. The van der Waals surface area contributed by atoms with Crippen LogP contribution in [-0.2, 0) is 17.5 Å². The Balaban J connectivity index is 2.11. The summed E-state index contributed by atoms with van der Waals surface area (Å²) in [6.45, 7) is 2.56. The number of nitrogens with one attached hydrogen (secondary N) is 1. The number of aryl methyl sites for hydroxylation is 1. The van der Waals surface area contributed by atoms with E-state index in [0.717, 1.165) is 17.8 Å². The molecule has 0 fully saturated rings. The van der Waals surface area contributed by atoms with Crippen molar-refractivity contribution in [2.24, 2.45) is 0 Å². The Bertz CT molecular complexity index is 792. The first-order valence-corrected chi connectivity index (χ1v) is 8.00.